The van der Waals surface area contributed by atoms with Gasteiger partial charge in [0.15, 0.2) is 0 Å². The molecular weight excluding hydrogens is 250 g/mol. The SMILES string of the molecule is COc1cccc(C(=O)NCCOCC(N)=O)c1N. The van der Waals surface area contributed by atoms with Gasteiger partial charge in [-0.2, -0.15) is 0 Å². The van der Waals surface area contributed by atoms with Crippen LogP contribution in [0.5, 0.6) is 5.75 Å². The Balaban J connectivity index is 2.48. The van der Waals surface area contributed by atoms with Crippen LogP contribution in [0.15, 0.2) is 18.2 Å². The van der Waals surface area contributed by atoms with E-state index in [4.69, 9.17) is 20.9 Å². The van der Waals surface area contributed by atoms with Gasteiger partial charge in [0.25, 0.3) is 5.91 Å². The van der Waals surface area contributed by atoms with E-state index in [1.165, 1.54) is 7.11 Å². The Labute approximate surface area is 110 Å². The molecule has 104 valence electrons. The van der Waals surface area contributed by atoms with Gasteiger partial charge < -0.3 is 26.3 Å². The van der Waals surface area contributed by atoms with Crippen LogP contribution in [0.25, 0.3) is 0 Å². The highest BCUT2D eigenvalue weighted by molar-refractivity contribution is 6.00. The quantitative estimate of drug-likeness (QED) is 0.455. The van der Waals surface area contributed by atoms with Gasteiger partial charge in [-0.1, -0.05) is 6.07 Å². The summed E-state index contributed by atoms with van der Waals surface area (Å²) in [5, 5.41) is 2.61. The Hall–Kier alpha value is -2.28. The van der Waals surface area contributed by atoms with Gasteiger partial charge in [-0.05, 0) is 12.1 Å². The summed E-state index contributed by atoms with van der Waals surface area (Å²) < 4.78 is 9.94. The Morgan fingerprint density at radius 1 is 1.37 bits per heavy atom. The van der Waals surface area contributed by atoms with E-state index in [0.717, 1.165) is 0 Å². The number of nitrogens with two attached hydrogens (primary N) is 2. The summed E-state index contributed by atoms with van der Waals surface area (Å²) in [5.41, 5.74) is 11.3. The van der Waals surface area contributed by atoms with E-state index in [0.29, 0.717) is 11.3 Å². The van der Waals surface area contributed by atoms with Gasteiger partial charge in [-0.25, -0.2) is 0 Å². The molecule has 0 aliphatic rings. The van der Waals surface area contributed by atoms with Gasteiger partial charge >= 0.3 is 0 Å². The Bertz CT molecular complexity index is 462. The summed E-state index contributed by atoms with van der Waals surface area (Å²) in [6, 6.07) is 4.94. The van der Waals surface area contributed by atoms with E-state index >= 15 is 0 Å². The molecule has 7 heteroatoms. The molecule has 5 N–H and O–H groups in total. The fourth-order valence-electron chi connectivity index (χ4n) is 1.42. The first-order chi connectivity index (χ1) is 9.06. The zero-order chi connectivity index (χ0) is 14.3. The lowest BCUT2D eigenvalue weighted by Crippen LogP contribution is -2.29. The molecule has 1 aromatic carbocycles. The molecule has 0 aliphatic carbocycles. The minimum absolute atomic E-state index is 0.169. The summed E-state index contributed by atoms with van der Waals surface area (Å²) in [6.07, 6.45) is 0. The molecule has 0 saturated carbocycles. The van der Waals surface area contributed by atoms with E-state index in [9.17, 15) is 9.59 Å². The number of nitrogen functional groups attached to an aromatic ring is 1. The fourth-order valence-corrected chi connectivity index (χ4v) is 1.42. The zero-order valence-corrected chi connectivity index (χ0v) is 10.6. The first kappa shape index (κ1) is 14.8. The maximum absolute atomic E-state index is 11.8. The van der Waals surface area contributed by atoms with Gasteiger partial charge in [0.05, 0.1) is 25.0 Å². The second kappa shape index (κ2) is 7.22. The van der Waals surface area contributed by atoms with Gasteiger partial charge in [0, 0.05) is 6.54 Å². The maximum Gasteiger partial charge on any atom is 0.253 e. The van der Waals surface area contributed by atoms with Crippen molar-refractivity contribution in [1.82, 2.24) is 5.32 Å². The number of primary amides is 1. The molecule has 1 aromatic rings. The fraction of sp³-hybridized carbons (Fsp3) is 0.333. The van der Waals surface area contributed by atoms with Crippen LogP contribution in [-0.4, -0.2) is 38.7 Å². The third-order valence-electron chi connectivity index (χ3n) is 2.31. The van der Waals surface area contributed by atoms with Gasteiger partial charge in [-0.3, -0.25) is 9.59 Å². The van der Waals surface area contributed by atoms with Crippen LogP contribution in [0.4, 0.5) is 5.69 Å². The molecule has 0 atom stereocenters. The molecule has 0 heterocycles. The number of ether oxygens (including phenoxy) is 2. The average Bonchev–Trinajstić information content (AvgIpc) is 2.38. The normalized spacial score (nSPS) is 9.95. The number of methoxy groups -OCH3 is 1. The van der Waals surface area contributed by atoms with Crippen molar-refractivity contribution in [3.8, 4) is 5.75 Å². The van der Waals surface area contributed by atoms with E-state index in [1.807, 2.05) is 0 Å². The van der Waals surface area contributed by atoms with Crippen LogP contribution in [0.2, 0.25) is 0 Å². The van der Waals surface area contributed by atoms with Crippen LogP contribution in [0, 0.1) is 0 Å². The molecule has 0 aliphatic heterocycles. The van der Waals surface area contributed by atoms with Crippen molar-refractivity contribution in [2.24, 2.45) is 5.73 Å². The van der Waals surface area contributed by atoms with Crippen molar-refractivity contribution in [1.29, 1.82) is 0 Å². The molecule has 2 amide bonds. The number of anilines is 1. The van der Waals surface area contributed by atoms with E-state index < -0.39 is 5.91 Å². The number of nitrogens with one attached hydrogen (secondary N) is 1. The van der Waals surface area contributed by atoms with Crippen LogP contribution >= 0.6 is 0 Å². The standard InChI is InChI=1S/C12H17N3O4/c1-18-9-4-2-3-8(11(9)14)12(17)15-5-6-19-7-10(13)16/h2-4H,5-7,14H2,1H3,(H2,13,16)(H,15,17). The number of rotatable bonds is 7. The molecular formula is C12H17N3O4. The molecule has 1 rings (SSSR count). The third-order valence-corrected chi connectivity index (χ3v) is 2.31. The largest absolute Gasteiger partial charge is 0.495 e. The lowest BCUT2D eigenvalue weighted by molar-refractivity contribution is -0.122. The molecule has 0 spiro atoms. The predicted octanol–water partition coefficient (Wildman–Crippen LogP) is -0.491. The summed E-state index contributed by atoms with van der Waals surface area (Å²) in [7, 11) is 1.48. The molecule has 0 aromatic heterocycles. The summed E-state index contributed by atoms with van der Waals surface area (Å²) in [4.78, 5) is 22.2. The van der Waals surface area contributed by atoms with Crippen molar-refractivity contribution in [2.45, 2.75) is 0 Å². The molecule has 0 fully saturated rings. The number of para-hydroxylation sites is 1. The highest BCUT2D eigenvalue weighted by Gasteiger charge is 2.12. The van der Waals surface area contributed by atoms with Gasteiger partial charge in [0.2, 0.25) is 5.91 Å². The van der Waals surface area contributed by atoms with Crippen molar-refractivity contribution in [2.75, 3.05) is 32.6 Å². The van der Waals surface area contributed by atoms with E-state index in [-0.39, 0.29) is 31.4 Å². The summed E-state index contributed by atoms with van der Waals surface area (Å²) >= 11 is 0. The number of amides is 2. The van der Waals surface area contributed by atoms with Gasteiger partial charge in [0.1, 0.15) is 12.4 Å². The first-order valence-electron chi connectivity index (χ1n) is 5.63. The van der Waals surface area contributed by atoms with Crippen LogP contribution < -0.4 is 21.5 Å². The molecule has 0 saturated heterocycles. The van der Waals surface area contributed by atoms with Crippen molar-refractivity contribution in [3.63, 3.8) is 0 Å². The summed E-state index contributed by atoms with van der Waals surface area (Å²) in [5.74, 6) is -0.444. The molecule has 0 bridgehead atoms. The summed E-state index contributed by atoms with van der Waals surface area (Å²) in [6.45, 7) is 0.276. The average molecular weight is 267 g/mol. The highest BCUT2D eigenvalue weighted by atomic mass is 16.5. The highest BCUT2D eigenvalue weighted by Crippen LogP contribution is 2.24. The Morgan fingerprint density at radius 3 is 2.74 bits per heavy atom. The van der Waals surface area contributed by atoms with Crippen LogP contribution in [0.1, 0.15) is 10.4 Å². The number of hydrogen-bond acceptors (Lipinski definition) is 5. The van der Waals surface area contributed by atoms with Gasteiger partial charge in [-0.15, -0.1) is 0 Å². The number of carbonyl (C=O) groups is 2. The van der Waals surface area contributed by atoms with Crippen molar-refractivity contribution in [3.05, 3.63) is 23.8 Å². The minimum atomic E-state index is -0.552. The second-order valence-electron chi connectivity index (χ2n) is 3.70. The third kappa shape index (κ3) is 4.47. The van der Waals surface area contributed by atoms with Crippen molar-refractivity contribution < 1.29 is 19.1 Å². The predicted molar refractivity (Wildman–Crippen MR) is 69.8 cm³/mol. The van der Waals surface area contributed by atoms with Crippen molar-refractivity contribution >= 4 is 17.5 Å². The maximum atomic E-state index is 11.8. The second-order valence-corrected chi connectivity index (χ2v) is 3.70. The van der Waals surface area contributed by atoms with E-state index in [1.54, 1.807) is 18.2 Å². The molecule has 0 unspecified atom stereocenters. The zero-order valence-electron chi connectivity index (χ0n) is 10.6. The smallest absolute Gasteiger partial charge is 0.253 e. The Morgan fingerprint density at radius 2 is 2.11 bits per heavy atom. The number of hydrogen-bond donors (Lipinski definition) is 3. The van der Waals surface area contributed by atoms with Crippen LogP contribution in [-0.2, 0) is 9.53 Å². The number of carbonyl (C=O) groups excluding carboxylic acids is 2. The monoisotopic (exact) mass is 267 g/mol. The van der Waals surface area contributed by atoms with Crippen LogP contribution in [0.3, 0.4) is 0 Å². The molecule has 0 radical (unpaired) electrons. The molecule has 7 nitrogen and oxygen atoms in total. The lowest BCUT2D eigenvalue weighted by Gasteiger charge is -2.10. The topological polar surface area (TPSA) is 117 Å². The minimum Gasteiger partial charge on any atom is -0.495 e. The first-order valence-corrected chi connectivity index (χ1v) is 5.63. The number of benzene rings is 1. The molecule has 19 heavy (non-hydrogen) atoms. The van der Waals surface area contributed by atoms with E-state index in [2.05, 4.69) is 5.32 Å². The lowest BCUT2D eigenvalue weighted by atomic mass is 10.1. The Kier molecular flexibility index (Phi) is 5.62.